The van der Waals surface area contributed by atoms with E-state index in [1.807, 2.05) is 6.07 Å². The molecular weight excluding hydrogens is 383 g/mol. The molecule has 2 aromatic rings. The topological polar surface area (TPSA) is 66.0 Å². The molecule has 3 rings (SSSR count). The fraction of sp³-hybridized carbons (Fsp3) is 0.300. The van der Waals surface area contributed by atoms with Crippen molar-refractivity contribution in [2.75, 3.05) is 44.7 Å². The molecule has 0 unspecified atom stereocenters. The Labute approximate surface area is 168 Å². The van der Waals surface area contributed by atoms with Gasteiger partial charge in [0.1, 0.15) is 5.82 Å². The lowest BCUT2D eigenvalue weighted by Crippen LogP contribution is -2.39. The molecule has 1 amide bonds. The van der Waals surface area contributed by atoms with Gasteiger partial charge in [0, 0.05) is 30.9 Å². The quantitative estimate of drug-likeness (QED) is 0.594. The molecule has 28 heavy (non-hydrogen) atoms. The average molecular weight is 405 g/mol. The van der Waals surface area contributed by atoms with E-state index in [0.29, 0.717) is 31.0 Å². The van der Waals surface area contributed by atoms with E-state index < -0.39 is 5.82 Å². The number of ether oxygens (including phenoxy) is 1. The first-order chi connectivity index (χ1) is 13.6. The molecule has 2 N–H and O–H groups in total. The first-order valence-electron chi connectivity index (χ1n) is 9.05. The van der Waals surface area contributed by atoms with Crippen molar-refractivity contribution in [1.82, 2.24) is 10.2 Å². The summed E-state index contributed by atoms with van der Waals surface area (Å²) in [6, 6.07) is 13.1. The second kappa shape index (κ2) is 10.2. The van der Waals surface area contributed by atoms with Crippen molar-refractivity contribution in [1.29, 1.82) is 0 Å². The molecule has 1 aliphatic heterocycles. The first-order valence-corrected chi connectivity index (χ1v) is 9.42. The molecule has 1 fully saturated rings. The van der Waals surface area contributed by atoms with Crippen molar-refractivity contribution in [3.05, 3.63) is 64.9 Å². The van der Waals surface area contributed by atoms with Gasteiger partial charge in [-0.25, -0.2) is 4.39 Å². The van der Waals surface area contributed by atoms with Gasteiger partial charge in [0.05, 0.1) is 24.8 Å². The Morgan fingerprint density at radius 2 is 1.93 bits per heavy atom. The number of carbonyl (C=O) groups excluding carboxylic acids is 1. The van der Waals surface area contributed by atoms with Gasteiger partial charge in [-0.15, -0.1) is 0 Å². The number of carbonyl (C=O) groups is 1. The smallest absolute Gasteiger partial charge is 0.257 e. The Kier molecular flexibility index (Phi) is 7.36. The highest BCUT2D eigenvalue weighted by Crippen LogP contribution is 2.19. The summed E-state index contributed by atoms with van der Waals surface area (Å²) in [4.78, 5) is 19.2. The second-order valence-corrected chi connectivity index (χ2v) is 6.67. The van der Waals surface area contributed by atoms with E-state index in [1.54, 1.807) is 24.3 Å². The third-order valence-electron chi connectivity index (χ3n) is 4.24. The highest BCUT2D eigenvalue weighted by atomic mass is 35.5. The zero-order valence-electron chi connectivity index (χ0n) is 15.3. The maximum absolute atomic E-state index is 13.4. The van der Waals surface area contributed by atoms with Crippen molar-refractivity contribution in [3.63, 3.8) is 0 Å². The molecule has 2 aromatic carbocycles. The normalized spacial score (nSPS) is 15.3. The number of rotatable bonds is 5. The Balaban J connectivity index is 1.69. The summed E-state index contributed by atoms with van der Waals surface area (Å²) in [5.74, 6) is -0.512. The minimum Gasteiger partial charge on any atom is -0.379 e. The van der Waals surface area contributed by atoms with Gasteiger partial charge in [0.15, 0.2) is 0 Å². The van der Waals surface area contributed by atoms with Crippen LogP contribution >= 0.6 is 11.6 Å². The summed E-state index contributed by atoms with van der Waals surface area (Å²) in [7, 11) is 0. The molecule has 0 bridgehead atoms. The maximum atomic E-state index is 13.4. The number of morpholine rings is 1. The van der Waals surface area contributed by atoms with Crippen LogP contribution in [-0.4, -0.2) is 56.2 Å². The summed E-state index contributed by atoms with van der Waals surface area (Å²) in [5.41, 5.74) is 1.05. The summed E-state index contributed by atoms with van der Waals surface area (Å²) in [6.07, 6.45) is 0. The van der Waals surface area contributed by atoms with Crippen LogP contribution in [0.4, 0.5) is 10.1 Å². The summed E-state index contributed by atoms with van der Waals surface area (Å²) >= 11 is 5.84. The monoisotopic (exact) mass is 404 g/mol. The van der Waals surface area contributed by atoms with Gasteiger partial charge >= 0.3 is 0 Å². The number of hydrogen-bond donors (Lipinski definition) is 2. The van der Waals surface area contributed by atoms with Crippen LogP contribution < -0.4 is 10.6 Å². The third-order valence-corrected chi connectivity index (χ3v) is 4.53. The first kappa shape index (κ1) is 20.3. The number of guanidine groups is 1. The molecule has 1 heterocycles. The van der Waals surface area contributed by atoms with E-state index in [1.165, 1.54) is 18.2 Å². The highest BCUT2D eigenvalue weighted by molar-refractivity contribution is 6.31. The van der Waals surface area contributed by atoms with Gasteiger partial charge in [-0.05, 0) is 30.3 Å². The van der Waals surface area contributed by atoms with E-state index in [-0.39, 0.29) is 16.9 Å². The van der Waals surface area contributed by atoms with Gasteiger partial charge < -0.3 is 10.1 Å². The van der Waals surface area contributed by atoms with E-state index in [4.69, 9.17) is 16.3 Å². The fourth-order valence-corrected chi connectivity index (χ4v) is 2.90. The number of hydrogen-bond acceptors (Lipinski definition) is 4. The predicted octanol–water partition coefficient (Wildman–Crippen LogP) is 3.01. The number of halogens is 2. The number of nitrogens with zero attached hydrogens (tertiary/aromatic N) is 2. The Morgan fingerprint density at radius 3 is 2.64 bits per heavy atom. The van der Waals surface area contributed by atoms with E-state index in [2.05, 4.69) is 20.5 Å². The number of aliphatic imine (C=N–C) groups is 1. The third kappa shape index (κ3) is 6.02. The zero-order chi connectivity index (χ0) is 19.8. The zero-order valence-corrected chi connectivity index (χ0v) is 16.1. The van der Waals surface area contributed by atoms with Crippen LogP contribution in [0.3, 0.4) is 0 Å². The van der Waals surface area contributed by atoms with Crippen LogP contribution in [0.1, 0.15) is 10.4 Å². The Hall–Kier alpha value is -2.48. The van der Waals surface area contributed by atoms with Crippen LogP contribution in [0, 0.1) is 5.82 Å². The van der Waals surface area contributed by atoms with Crippen molar-refractivity contribution >= 4 is 29.2 Å². The molecule has 0 radical (unpaired) electrons. The van der Waals surface area contributed by atoms with Gasteiger partial charge in [0.25, 0.3) is 5.91 Å². The molecule has 148 valence electrons. The molecule has 0 saturated carbocycles. The lowest BCUT2D eigenvalue weighted by Gasteiger charge is -2.25. The minimum atomic E-state index is -0.508. The van der Waals surface area contributed by atoms with E-state index in [9.17, 15) is 9.18 Å². The molecular formula is C20H22ClFN4O2. The highest BCUT2D eigenvalue weighted by Gasteiger charge is 2.12. The van der Waals surface area contributed by atoms with E-state index in [0.717, 1.165) is 19.6 Å². The van der Waals surface area contributed by atoms with Gasteiger partial charge in [0.2, 0.25) is 5.96 Å². The fourth-order valence-electron chi connectivity index (χ4n) is 2.72. The van der Waals surface area contributed by atoms with Crippen LogP contribution in [0.2, 0.25) is 5.02 Å². The Bertz CT molecular complexity index is 826. The molecule has 0 spiro atoms. The number of amides is 1. The van der Waals surface area contributed by atoms with Crippen molar-refractivity contribution < 1.29 is 13.9 Å². The summed E-state index contributed by atoms with van der Waals surface area (Å²) in [6.45, 7) is 4.40. The lowest BCUT2D eigenvalue weighted by molar-refractivity contribution is 0.0394. The average Bonchev–Trinajstić information content (AvgIpc) is 2.72. The van der Waals surface area contributed by atoms with Crippen LogP contribution in [0.25, 0.3) is 0 Å². The molecule has 0 atom stereocenters. The molecule has 6 nitrogen and oxygen atoms in total. The molecule has 8 heteroatoms. The van der Waals surface area contributed by atoms with Crippen molar-refractivity contribution in [2.45, 2.75) is 0 Å². The second-order valence-electron chi connectivity index (χ2n) is 6.26. The van der Waals surface area contributed by atoms with Gasteiger partial charge in [-0.2, -0.15) is 0 Å². The molecule has 1 aliphatic rings. The molecule has 1 saturated heterocycles. The summed E-state index contributed by atoms with van der Waals surface area (Å²) in [5, 5.41) is 5.78. The standard InChI is InChI=1S/C20H22ClFN4O2/c21-17-14-16(6-7-18(17)22)24-20(23-8-9-26-10-12-28-13-11-26)25-19(27)15-4-2-1-3-5-15/h1-7,14H,8-13H2,(H2,23,24,25,27). The largest absolute Gasteiger partial charge is 0.379 e. The van der Waals surface area contributed by atoms with Gasteiger partial charge in [-0.3, -0.25) is 20.0 Å². The van der Waals surface area contributed by atoms with Crippen molar-refractivity contribution in [3.8, 4) is 0 Å². The van der Waals surface area contributed by atoms with Crippen LogP contribution in [0.15, 0.2) is 53.5 Å². The minimum absolute atomic E-state index is 0.00736. The number of benzene rings is 2. The maximum Gasteiger partial charge on any atom is 0.257 e. The molecule has 0 aromatic heterocycles. The molecule has 0 aliphatic carbocycles. The number of anilines is 1. The van der Waals surface area contributed by atoms with E-state index >= 15 is 0 Å². The SMILES string of the molecule is O=C(NC(=NCCN1CCOCC1)Nc1ccc(F)c(Cl)c1)c1ccccc1. The number of nitrogens with one attached hydrogen (secondary N) is 2. The van der Waals surface area contributed by atoms with Crippen LogP contribution in [0.5, 0.6) is 0 Å². The van der Waals surface area contributed by atoms with Crippen LogP contribution in [-0.2, 0) is 4.74 Å². The Morgan fingerprint density at radius 1 is 1.18 bits per heavy atom. The van der Waals surface area contributed by atoms with Crippen molar-refractivity contribution in [2.24, 2.45) is 4.99 Å². The predicted molar refractivity (Wildman–Crippen MR) is 109 cm³/mol. The summed E-state index contributed by atoms with van der Waals surface area (Å²) < 4.78 is 18.7. The lowest BCUT2D eigenvalue weighted by atomic mass is 10.2. The van der Waals surface area contributed by atoms with Gasteiger partial charge in [-0.1, -0.05) is 29.8 Å².